The molecule has 8 aliphatic rings. The standard InChI is InChI=1S/2C26H28Cl2FN3O3.C14H7Cl2FN2O.C8H14O.C4H9NO2/c2*1-4-35-22(33)20-18(15-7-12-30-21(28)19(15)29)26(25(32-20)10-8-24(2,3)9-11-25)16-6-5-14(27)13-17(16)31-23(26)34;15-8-1-2-9-10(14(20)19-11(9)6-8)5-7-3-4-18-13(16)12(7)17;1-8(2)5-3-7(9)4-6-8;1-2-7-4(6)3-5/h2*5-7,12-13,18,20,32H,4,8-11H2,1-3H3,(H,31,34);1-6H,(H,19,20);3-6H2,1-2H3;2-3,5H2,1H3/t18-,20+,26+;18-,20-,26?;;;/m01.../s1. The van der Waals surface area contributed by atoms with Crippen molar-refractivity contribution in [2.24, 2.45) is 22.0 Å². The number of anilines is 3. The molecule has 6 atom stereocenters. The predicted molar refractivity (Wildman–Crippen MR) is 405 cm³/mol. The number of fused-ring (bicyclic) bond motifs is 7. The van der Waals surface area contributed by atoms with Crippen molar-refractivity contribution >= 4 is 140 Å². The van der Waals surface area contributed by atoms with E-state index < -0.39 is 75.2 Å². The highest BCUT2D eigenvalue weighted by Crippen LogP contribution is 2.66. The van der Waals surface area contributed by atoms with Crippen LogP contribution in [0.25, 0.3) is 11.6 Å². The first kappa shape index (κ1) is 81.3. The van der Waals surface area contributed by atoms with Crippen LogP contribution in [0, 0.1) is 33.7 Å². The molecule has 5 aliphatic heterocycles. The molecule has 1 unspecified atom stereocenters. The fourth-order valence-electron chi connectivity index (χ4n) is 16.5. The smallest absolute Gasteiger partial charge is 0.323 e. The Morgan fingerprint density at radius 2 is 0.896 bits per heavy atom. The van der Waals surface area contributed by atoms with E-state index in [1.807, 2.05) is 12.1 Å². The number of carbonyl (C=O) groups is 7. The topological polar surface area (TPSA) is 272 Å². The summed E-state index contributed by atoms with van der Waals surface area (Å²) in [5, 5.41) is 16.4. The SMILES string of the molecule is CC1(C)CCC(=O)CC1.CCOC(=O)CN.CCOC(=O)[C@@H]1NC2(CCC(C)(C)CC2)C2(C(=O)Nc3cc(Cl)ccc32)[C@@H]1c1ccnc(Cl)c1F.CCOC(=O)[C@@H]1NC2(CCC(C)(C)CC2)[C@@]2(C(=O)Nc3cc(Cl)ccc32)[C@H]1c1ccnc(Cl)c1F.O=C1Nc2cc(Cl)ccc2C1=Cc1ccnc(Cl)c1F. The van der Waals surface area contributed by atoms with E-state index in [0.29, 0.717) is 97.9 Å². The van der Waals surface area contributed by atoms with Gasteiger partial charge in [-0.1, -0.05) is 129 Å². The highest BCUT2D eigenvalue weighted by atomic mass is 35.5. The Morgan fingerprint density at radius 1 is 0.509 bits per heavy atom. The number of halogens is 9. The molecule has 19 nitrogen and oxygen atoms in total. The number of pyridine rings is 3. The lowest BCUT2D eigenvalue weighted by Crippen LogP contribution is -2.61. The van der Waals surface area contributed by atoms with Crippen LogP contribution in [0.2, 0.25) is 30.5 Å². The van der Waals surface area contributed by atoms with Crippen LogP contribution >= 0.6 is 69.6 Å². The molecule has 14 rings (SSSR count). The van der Waals surface area contributed by atoms with Gasteiger partial charge in [-0.05, 0) is 184 Å². The van der Waals surface area contributed by atoms with Gasteiger partial charge in [0.25, 0.3) is 5.91 Å². The molecule has 2 saturated heterocycles. The molecule has 5 fully saturated rings. The number of ketones is 1. The maximum atomic E-state index is 15.6. The number of rotatable bonds is 9. The Labute approximate surface area is 644 Å². The lowest BCUT2D eigenvalue weighted by molar-refractivity contribution is -0.146. The molecule has 3 aromatic carbocycles. The van der Waals surface area contributed by atoms with Crippen LogP contribution in [0.1, 0.15) is 185 Å². The lowest BCUT2D eigenvalue weighted by atomic mass is 9.53. The average Bonchev–Trinajstić information content (AvgIpc) is 1.49. The summed E-state index contributed by atoms with van der Waals surface area (Å²) in [6.45, 7) is 19.2. The molecule has 28 heteroatoms. The van der Waals surface area contributed by atoms with Gasteiger partial charge in [-0.2, -0.15) is 0 Å². The third-order valence-electron chi connectivity index (χ3n) is 22.0. The zero-order valence-corrected chi connectivity index (χ0v) is 64.8. The molecule has 6 aromatic rings. The van der Waals surface area contributed by atoms with Gasteiger partial charge in [-0.25, -0.2) is 28.1 Å². The van der Waals surface area contributed by atoms with E-state index in [1.54, 1.807) is 63.2 Å². The van der Waals surface area contributed by atoms with Crippen molar-refractivity contribution in [3.8, 4) is 0 Å². The minimum absolute atomic E-state index is 0.0200. The van der Waals surface area contributed by atoms with E-state index in [-0.39, 0.29) is 86.4 Å². The zero-order chi connectivity index (χ0) is 77.2. The van der Waals surface area contributed by atoms with Crippen molar-refractivity contribution in [2.45, 2.75) is 185 Å². The Morgan fingerprint density at radius 3 is 1.29 bits per heavy atom. The van der Waals surface area contributed by atoms with E-state index in [9.17, 15) is 38.0 Å². The molecule has 8 heterocycles. The van der Waals surface area contributed by atoms with Gasteiger partial charge in [-0.3, -0.25) is 44.2 Å². The largest absolute Gasteiger partial charge is 0.465 e. The van der Waals surface area contributed by atoms with Crippen molar-refractivity contribution < 1.29 is 60.9 Å². The van der Waals surface area contributed by atoms with Crippen LogP contribution in [-0.4, -0.2) is 106 Å². The number of aromatic nitrogens is 3. The predicted octanol–water partition coefficient (Wildman–Crippen LogP) is 16.4. The summed E-state index contributed by atoms with van der Waals surface area (Å²) in [6.07, 6.45) is 15.3. The number of hydrogen-bond donors (Lipinski definition) is 6. The minimum Gasteiger partial charge on any atom is -0.465 e. The molecule has 3 amide bonds. The number of nitrogens with two attached hydrogens (primary N) is 1. The van der Waals surface area contributed by atoms with Gasteiger partial charge < -0.3 is 35.9 Å². The first-order valence-electron chi connectivity index (χ1n) is 35.3. The molecule has 106 heavy (non-hydrogen) atoms. The minimum atomic E-state index is -1.29. The number of Topliss-reactive ketones (excluding diaryl/α,β-unsaturated/α-hetero) is 1. The fraction of sp³-hybridized carbons (Fsp3) is 0.462. The maximum Gasteiger partial charge on any atom is 0.323 e. The van der Waals surface area contributed by atoms with E-state index in [4.69, 9.17) is 84.8 Å². The van der Waals surface area contributed by atoms with Gasteiger partial charge in [0.05, 0.1) is 32.1 Å². The van der Waals surface area contributed by atoms with Crippen molar-refractivity contribution in [1.29, 1.82) is 0 Å². The lowest BCUT2D eigenvalue weighted by Gasteiger charge is -2.50. The summed E-state index contributed by atoms with van der Waals surface area (Å²) < 4.78 is 60.4. The van der Waals surface area contributed by atoms with Crippen LogP contribution < -0.4 is 32.3 Å². The number of nitrogens with zero attached hydrogens (tertiary/aromatic N) is 3. The molecular weight excluding hydrogens is 1490 g/mol. The Kier molecular flexibility index (Phi) is 24.9. The summed E-state index contributed by atoms with van der Waals surface area (Å²) in [7, 11) is 0. The second-order valence-electron chi connectivity index (χ2n) is 30.0. The second-order valence-corrected chi connectivity index (χ2v) is 32.4. The van der Waals surface area contributed by atoms with Crippen LogP contribution in [0.4, 0.5) is 30.2 Å². The number of esters is 3. The Hall–Kier alpha value is -7.25. The van der Waals surface area contributed by atoms with Crippen LogP contribution in [-0.2, 0) is 58.6 Å². The number of amides is 3. The summed E-state index contributed by atoms with van der Waals surface area (Å²) in [4.78, 5) is 99.3. The van der Waals surface area contributed by atoms with E-state index in [1.165, 1.54) is 42.9 Å². The summed E-state index contributed by atoms with van der Waals surface area (Å²) in [5.41, 5.74) is 6.00. The molecule has 4 spiro atoms. The molecule has 3 aliphatic carbocycles. The number of hydrogen-bond acceptors (Lipinski definition) is 16. The molecule has 0 bridgehead atoms. The van der Waals surface area contributed by atoms with Crippen LogP contribution in [0.3, 0.4) is 0 Å². The Balaban J connectivity index is 0.000000158. The first-order chi connectivity index (χ1) is 50.1. The van der Waals surface area contributed by atoms with E-state index in [0.717, 1.165) is 51.4 Å². The quantitative estimate of drug-likeness (QED) is 0.0340. The van der Waals surface area contributed by atoms with Gasteiger partial charge in [-0.15, -0.1) is 0 Å². The molecule has 3 aromatic heterocycles. The van der Waals surface area contributed by atoms with Crippen molar-refractivity contribution in [1.82, 2.24) is 25.6 Å². The van der Waals surface area contributed by atoms with Crippen molar-refractivity contribution in [2.75, 3.05) is 42.3 Å². The second kappa shape index (κ2) is 32.5. The van der Waals surface area contributed by atoms with E-state index >= 15 is 8.78 Å². The molecular formula is C78H86Cl6F3N9O10. The van der Waals surface area contributed by atoms with Crippen LogP contribution in [0.5, 0.6) is 0 Å². The van der Waals surface area contributed by atoms with Gasteiger partial charge in [0, 0.05) is 97.5 Å². The molecule has 3 saturated carbocycles. The van der Waals surface area contributed by atoms with Gasteiger partial charge in [0.2, 0.25) is 11.8 Å². The molecule has 7 N–H and O–H groups in total. The molecule has 566 valence electrons. The highest BCUT2D eigenvalue weighted by Gasteiger charge is 2.75. The van der Waals surface area contributed by atoms with E-state index in [2.05, 4.69) is 87.8 Å². The normalized spacial score (nSPS) is 24.3. The van der Waals surface area contributed by atoms with Crippen molar-refractivity contribution in [3.05, 3.63) is 173 Å². The average molecular weight is 1580 g/mol. The molecule has 0 radical (unpaired) electrons. The number of ether oxygens (including phenoxy) is 3. The summed E-state index contributed by atoms with van der Waals surface area (Å²) in [5.74, 6) is -5.78. The fourth-order valence-corrected chi connectivity index (χ4v) is 17.5. The number of carbonyl (C=O) groups excluding carboxylic acids is 7. The van der Waals surface area contributed by atoms with Crippen molar-refractivity contribution in [3.63, 3.8) is 0 Å². The maximum absolute atomic E-state index is 15.6. The third kappa shape index (κ3) is 15.8. The van der Waals surface area contributed by atoms with Crippen LogP contribution in [0.15, 0.2) is 91.4 Å². The summed E-state index contributed by atoms with van der Waals surface area (Å²) >= 11 is 36.3. The van der Waals surface area contributed by atoms with Gasteiger partial charge in [0.15, 0.2) is 32.9 Å². The monoisotopic (exact) mass is 1580 g/mol. The summed E-state index contributed by atoms with van der Waals surface area (Å²) in [6, 6.07) is 18.1. The number of nitrogens with one attached hydrogen (secondary N) is 5. The van der Waals surface area contributed by atoms with Gasteiger partial charge in [0.1, 0.15) is 28.7 Å². The Bertz CT molecular complexity index is 4250. The number of benzene rings is 3. The zero-order valence-electron chi connectivity index (χ0n) is 60.3. The highest BCUT2D eigenvalue weighted by molar-refractivity contribution is 6.37. The first-order valence-corrected chi connectivity index (χ1v) is 37.6. The van der Waals surface area contributed by atoms with Gasteiger partial charge >= 0.3 is 17.9 Å². The third-order valence-corrected chi connectivity index (χ3v) is 23.5.